The summed E-state index contributed by atoms with van der Waals surface area (Å²) in [6, 6.07) is 6.26. The normalized spacial score (nSPS) is 21.1. The number of aromatic nitrogens is 3. The fourth-order valence-corrected chi connectivity index (χ4v) is 4.61. The monoisotopic (exact) mass is 525 g/mol. The van der Waals surface area contributed by atoms with E-state index in [-0.39, 0.29) is 23.1 Å². The van der Waals surface area contributed by atoms with E-state index in [1.165, 1.54) is 22.8 Å². The van der Waals surface area contributed by atoms with Crippen LogP contribution in [0.15, 0.2) is 36.7 Å². The molecule has 1 aliphatic carbocycles. The summed E-state index contributed by atoms with van der Waals surface area (Å²) in [6.45, 7) is 2.93. The van der Waals surface area contributed by atoms with Crippen LogP contribution in [0.3, 0.4) is 0 Å². The summed E-state index contributed by atoms with van der Waals surface area (Å²) in [7, 11) is 0. The molecule has 2 aliphatic rings. The van der Waals surface area contributed by atoms with Gasteiger partial charge in [0.05, 0.1) is 11.7 Å². The second-order valence-corrected chi connectivity index (χ2v) is 8.91. The van der Waals surface area contributed by atoms with Gasteiger partial charge in [0.25, 0.3) is 0 Å². The van der Waals surface area contributed by atoms with Crippen LogP contribution in [0, 0.1) is 11.7 Å². The molecule has 5 rings (SSSR count). The van der Waals surface area contributed by atoms with Crippen molar-refractivity contribution in [3.63, 3.8) is 0 Å². The van der Waals surface area contributed by atoms with Crippen LogP contribution in [0.25, 0.3) is 5.65 Å². The van der Waals surface area contributed by atoms with Crippen molar-refractivity contribution >= 4 is 23.4 Å². The van der Waals surface area contributed by atoms with E-state index in [2.05, 4.69) is 15.0 Å². The molecule has 14 heteroatoms. The second kappa shape index (κ2) is 9.50. The maximum Gasteiger partial charge on any atom is 0.490 e. The molecule has 1 saturated heterocycles. The molecule has 3 atom stereocenters. The molecule has 2 aromatic heterocycles. The molecule has 1 aromatic carbocycles. The molecular weight excluding hydrogens is 502 g/mol. The molecule has 2 fully saturated rings. The lowest BCUT2D eigenvalue weighted by molar-refractivity contribution is -0.192. The summed E-state index contributed by atoms with van der Waals surface area (Å²) in [5, 5.41) is 20.6. The Balaban J connectivity index is 0.000000405. The standard InChI is InChI=1S/C21H22FN5O3.C2HF3O2/c1-12(23)11-30-17-3-2-14(22)8-16(17)21-9-13(21)4-6-26(21)18-5-7-27-19(25-18)15(10-24-27)20(28)29;3-2(4,5)1(6)7/h2-3,5,7-8,10,12-13H,4,6,9,11,23H2,1H3,(H,28,29);(H,6,7)/t12?,13-,21+;/m0./s1. The van der Waals surface area contributed by atoms with Crippen LogP contribution in [-0.4, -0.2) is 62.1 Å². The molecule has 1 saturated carbocycles. The minimum absolute atomic E-state index is 0.0455. The lowest BCUT2D eigenvalue weighted by Crippen LogP contribution is -2.34. The number of rotatable bonds is 6. The Morgan fingerprint density at radius 2 is 2.00 bits per heavy atom. The Hall–Kier alpha value is -3.94. The summed E-state index contributed by atoms with van der Waals surface area (Å²) in [6.07, 6.45) is -0.280. The van der Waals surface area contributed by atoms with Crippen molar-refractivity contribution in [2.24, 2.45) is 11.7 Å². The number of carboxylic acid groups (broad SMARTS) is 2. The number of carbonyl (C=O) groups is 2. The number of nitrogens with zero attached hydrogens (tertiary/aromatic N) is 4. The van der Waals surface area contributed by atoms with Crippen LogP contribution >= 0.6 is 0 Å². The van der Waals surface area contributed by atoms with Gasteiger partial charge in [0, 0.05) is 24.3 Å². The van der Waals surface area contributed by atoms with Crippen LogP contribution in [0.1, 0.15) is 35.7 Å². The second-order valence-electron chi connectivity index (χ2n) is 8.91. The smallest absolute Gasteiger partial charge is 0.490 e. The predicted octanol–water partition coefficient (Wildman–Crippen LogP) is 3.05. The molecule has 37 heavy (non-hydrogen) atoms. The van der Waals surface area contributed by atoms with Gasteiger partial charge in [0.2, 0.25) is 0 Å². The fraction of sp³-hybridized carbons (Fsp3) is 0.391. The van der Waals surface area contributed by atoms with Gasteiger partial charge in [-0.3, -0.25) is 0 Å². The van der Waals surface area contributed by atoms with E-state index in [1.54, 1.807) is 12.3 Å². The first-order chi connectivity index (χ1) is 17.3. The summed E-state index contributed by atoms with van der Waals surface area (Å²) in [5.74, 6) is -2.52. The van der Waals surface area contributed by atoms with E-state index in [9.17, 15) is 27.5 Å². The quantitative estimate of drug-likeness (QED) is 0.414. The van der Waals surface area contributed by atoms with E-state index in [0.29, 0.717) is 24.1 Å². The predicted molar refractivity (Wildman–Crippen MR) is 121 cm³/mol. The van der Waals surface area contributed by atoms with Crippen molar-refractivity contribution in [3.05, 3.63) is 53.6 Å². The van der Waals surface area contributed by atoms with Crippen molar-refractivity contribution in [3.8, 4) is 5.75 Å². The van der Waals surface area contributed by atoms with Crippen LogP contribution in [-0.2, 0) is 10.3 Å². The summed E-state index contributed by atoms with van der Waals surface area (Å²) < 4.78 is 53.3. The number of piperidine rings is 1. The number of halogens is 4. The maximum absolute atomic E-state index is 14.2. The number of hydrogen-bond donors (Lipinski definition) is 3. The average molecular weight is 525 g/mol. The first kappa shape index (κ1) is 26.1. The zero-order valence-electron chi connectivity index (χ0n) is 19.4. The number of nitrogens with two attached hydrogens (primary N) is 1. The molecule has 4 N–H and O–H groups in total. The highest BCUT2D eigenvalue weighted by atomic mass is 19.4. The molecule has 10 nitrogen and oxygen atoms in total. The number of benzene rings is 1. The number of hydrogen-bond acceptors (Lipinski definition) is 7. The minimum Gasteiger partial charge on any atom is -0.492 e. The van der Waals surface area contributed by atoms with Crippen LogP contribution < -0.4 is 15.4 Å². The zero-order valence-corrected chi connectivity index (χ0v) is 19.4. The van der Waals surface area contributed by atoms with Crippen molar-refractivity contribution < 1.29 is 42.1 Å². The lowest BCUT2D eigenvalue weighted by atomic mass is 10.0. The van der Waals surface area contributed by atoms with E-state index < -0.39 is 23.7 Å². The third-order valence-corrected chi connectivity index (χ3v) is 6.27. The highest BCUT2D eigenvalue weighted by Gasteiger charge is 2.64. The Bertz CT molecular complexity index is 1340. The summed E-state index contributed by atoms with van der Waals surface area (Å²) in [4.78, 5) is 27.1. The lowest BCUT2D eigenvalue weighted by Gasteiger charge is -2.31. The molecular formula is C23H23F4N5O5. The van der Waals surface area contributed by atoms with E-state index >= 15 is 0 Å². The van der Waals surface area contributed by atoms with E-state index in [0.717, 1.165) is 24.9 Å². The summed E-state index contributed by atoms with van der Waals surface area (Å²) >= 11 is 0. The minimum atomic E-state index is -5.08. The van der Waals surface area contributed by atoms with Gasteiger partial charge in [-0.05, 0) is 49.9 Å². The Morgan fingerprint density at radius 1 is 1.30 bits per heavy atom. The SMILES string of the molecule is CC(N)COc1ccc(F)cc1[C@@]12C[C@@H]1CCN2c1ccn2ncc(C(=O)O)c2n1.O=C(O)C(F)(F)F. The first-order valence-corrected chi connectivity index (χ1v) is 11.2. The van der Waals surface area contributed by atoms with Crippen molar-refractivity contribution in [2.75, 3.05) is 18.1 Å². The highest BCUT2D eigenvalue weighted by Crippen LogP contribution is 2.64. The highest BCUT2D eigenvalue weighted by molar-refractivity contribution is 5.94. The van der Waals surface area contributed by atoms with E-state index in [1.807, 2.05) is 13.0 Å². The molecule has 0 amide bonds. The summed E-state index contributed by atoms with van der Waals surface area (Å²) in [5.41, 5.74) is 6.55. The van der Waals surface area contributed by atoms with Crippen LogP contribution in [0.5, 0.6) is 5.75 Å². The molecule has 3 aromatic rings. The third-order valence-electron chi connectivity index (χ3n) is 6.27. The van der Waals surface area contributed by atoms with Gasteiger partial charge in [-0.1, -0.05) is 0 Å². The van der Waals surface area contributed by atoms with E-state index in [4.69, 9.17) is 20.4 Å². The largest absolute Gasteiger partial charge is 0.492 e. The number of aromatic carboxylic acids is 1. The average Bonchev–Trinajstić information content (AvgIpc) is 3.19. The molecule has 0 bridgehead atoms. The fourth-order valence-electron chi connectivity index (χ4n) is 4.61. The van der Waals surface area contributed by atoms with Crippen molar-refractivity contribution in [1.82, 2.24) is 14.6 Å². The molecule has 198 valence electrons. The Labute approximate surface area is 207 Å². The molecule has 3 heterocycles. The van der Waals surface area contributed by atoms with Gasteiger partial charge in [0.1, 0.15) is 29.6 Å². The Kier molecular flexibility index (Phi) is 6.71. The Morgan fingerprint density at radius 3 is 2.59 bits per heavy atom. The topological polar surface area (TPSA) is 143 Å². The molecule has 1 aliphatic heterocycles. The van der Waals surface area contributed by atoms with Crippen molar-refractivity contribution in [2.45, 2.75) is 37.5 Å². The van der Waals surface area contributed by atoms with Gasteiger partial charge in [0.15, 0.2) is 5.65 Å². The number of aliphatic carboxylic acids is 1. The number of anilines is 1. The number of ether oxygens (including phenoxy) is 1. The van der Waals surface area contributed by atoms with Gasteiger partial charge < -0.3 is 25.6 Å². The van der Waals surface area contributed by atoms with Crippen molar-refractivity contribution in [1.29, 1.82) is 0 Å². The number of carboxylic acids is 2. The van der Waals surface area contributed by atoms with Crippen LogP contribution in [0.4, 0.5) is 23.4 Å². The zero-order chi connectivity index (χ0) is 27.1. The van der Waals surface area contributed by atoms with Gasteiger partial charge in [-0.25, -0.2) is 23.5 Å². The van der Waals surface area contributed by atoms with Gasteiger partial charge >= 0.3 is 18.1 Å². The first-order valence-electron chi connectivity index (χ1n) is 11.2. The molecule has 0 radical (unpaired) electrons. The third kappa shape index (κ3) is 5.01. The van der Waals surface area contributed by atoms with Crippen LogP contribution in [0.2, 0.25) is 0 Å². The molecule has 1 unspecified atom stereocenters. The number of alkyl halides is 3. The maximum atomic E-state index is 14.2. The van der Waals surface area contributed by atoms with Gasteiger partial charge in [-0.2, -0.15) is 18.3 Å². The molecule has 0 spiro atoms. The van der Waals surface area contributed by atoms with Gasteiger partial charge in [-0.15, -0.1) is 0 Å². The number of fused-ring (bicyclic) bond motifs is 2.